The van der Waals surface area contributed by atoms with E-state index >= 15 is 0 Å². The zero-order valence-corrected chi connectivity index (χ0v) is 23.9. The minimum absolute atomic E-state index is 0. The molecule has 11 heteroatoms. The van der Waals surface area contributed by atoms with Crippen molar-refractivity contribution in [2.45, 2.75) is 0 Å². The molecule has 0 amide bonds. The van der Waals surface area contributed by atoms with Gasteiger partial charge < -0.3 is 30.4 Å². The normalized spacial score (nSPS) is 9.35. The van der Waals surface area contributed by atoms with Crippen LogP contribution in [-0.2, 0) is 20.4 Å². The zero-order valence-electron chi connectivity index (χ0n) is 21.1. The van der Waals surface area contributed by atoms with Crippen molar-refractivity contribution < 1.29 is 39.4 Å². The van der Waals surface area contributed by atoms with Gasteiger partial charge in [0.15, 0.2) is 0 Å². The second-order valence-electron chi connectivity index (χ2n) is 6.83. The van der Waals surface area contributed by atoms with Crippen molar-refractivity contribution in [2.75, 3.05) is 41.5 Å². The van der Waals surface area contributed by atoms with E-state index < -0.39 is 0 Å². The summed E-state index contributed by atoms with van der Waals surface area (Å²) in [6.45, 7) is 0.472. The molecule has 0 fully saturated rings. The van der Waals surface area contributed by atoms with E-state index in [1.165, 1.54) is 0 Å². The van der Waals surface area contributed by atoms with Crippen LogP contribution in [0.1, 0.15) is 0 Å². The molecule has 0 aliphatic heterocycles. The molecule has 0 saturated carbocycles. The Hall–Kier alpha value is -3.62. The third-order valence-corrected chi connectivity index (χ3v) is 4.54. The van der Waals surface area contributed by atoms with Gasteiger partial charge in [-0.05, 0) is 48.5 Å². The van der Waals surface area contributed by atoms with Gasteiger partial charge in [-0.3, -0.25) is 19.9 Å². The maximum atomic E-state index is 6.26. The van der Waals surface area contributed by atoms with Crippen LogP contribution in [0.5, 0.6) is 23.0 Å². The van der Waals surface area contributed by atoms with Gasteiger partial charge in [0, 0.05) is 20.4 Å². The van der Waals surface area contributed by atoms with Crippen molar-refractivity contribution in [3.8, 4) is 45.8 Å². The van der Waals surface area contributed by atoms with Gasteiger partial charge in [-0.2, -0.15) is 13.1 Å². The van der Waals surface area contributed by atoms with Crippen LogP contribution in [0, 0.1) is 0 Å². The Morgan fingerprint density at radius 1 is 0.459 bits per heavy atom. The van der Waals surface area contributed by atoms with Gasteiger partial charge in [-0.25, -0.2) is 0 Å². The topological polar surface area (TPSA) is 136 Å². The molecule has 0 aliphatic rings. The van der Waals surface area contributed by atoms with Crippen LogP contribution in [-0.4, -0.2) is 61.5 Å². The number of methoxy groups -OCH3 is 4. The molecule has 0 saturated heterocycles. The fraction of sp³-hybridized carbons (Fsp3) is 0.231. The molecule has 4 heterocycles. The van der Waals surface area contributed by atoms with Crippen LogP contribution in [0.25, 0.3) is 34.2 Å². The zero-order chi connectivity index (χ0) is 26.2. The smallest absolute Gasteiger partial charge is 0.137 e. The largest absolute Gasteiger partial charge is 0.679 e. The van der Waals surface area contributed by atoms with Crippen LogP contribution in [0.2, 0.25) is 0 Å². The number of hydrogen-bond acceptors (Lipinski definition) is 8. The third-order valence-electron chi connectivity index (χ3n) is 4.54. The molecule has 0 aliphatic carbocycles. The Kier molecular flexibility index (Phi) is 15.1. The van der Waals surface area contributed by atoms with Crippen molar-refractivity contribution in [1.29, 1.82) is 0 Å². The number of nitrogens with zero attached hydrogens (tertiary/aromatic N) is 4. The molecule has 10 nitrogen and oxygen atoms in total. The van der Waals surface area contributed by atoms with E-state index in [4.69, 9.17) is 30.4 Å². The van der Waals surface area contributed by atoms with Gasteiger partial charge in [-0.1, -0.05) is 0 Å². The fourth-order valence-electron chi connectivity index (χ4n) is 2.61. The average Bonchev–Trinajstić information content (AvgIpc) is 2.98. The molecule has 4 rings (SSSR count). The molecule has 0 atom stereocenters. The monoisotopic (exact) mass is 677 g/mol. The van der Waals surface area contributed by atoms with Crippen LogP contribution in [0.15, 0.2) is 73.3 Å². The Balaban J connectivity index is 0.000000316. The summed E-state index contributed by atoms with van der Waals surface area (Å²) in [6.07, 6.45) is 6.67. The third kappa shape index (κ3) is 10.5. The predicted molar refractivity (Wildman–Crippen MR) is 140 cm³/mol. The minimum Gasteiger partial charge on any atom is -0.679 e. The molecule has 0 bridgehead atoms. The number of aromatic nitrogens is 4. The molecule has 2 N–H and O–H groups in total. The first-order valence-electron chi connectivity index (χ1n) is 10.9. The predicted octanol–water partition coefficient (Wildman–Crippen LogP) is 5.41. The summed E-state index contributed by atoms with van der Waals surface area (Å²) in [5.41, 5.74) is 15.8. The molecule has 4 aromatic rings. The van der Waals surface area contributed by atoms with Gasteiger partial charge in [0.2, 0.25) is 0 Å². The van der Waals surface area contributed by atoms with Gasteiger partial charge in [-0.15, -0.1) is 0 Å². The molecule has 0 unspecified atom stereocenters. The first kappa shape index (κ1) is 31.4. The quantitative estimate of drug-likeness (QED) is 0.254. The standard InChI is InChI=1S/2C12H12N2O2.C2H6N2.Re/c2*1-15-9-3-5-11(13-7-9)12-6-4-10(16-2)8-14-12;3-1-2-4;/h2*3-8H,1-2H3;3-4H,1-2H2;/q;;-2;. The maximum Gasteiger partial charge on any atom is 0.137 e. The second kappa shape index (κ2) is 17.8. The summed E-state index contributed by atoms with van der Waals surface area (Å²) in [5, 5.41) is 0. The first-order valence-corrected chi connectivity index (χ1v) is 10.9. The molecule has 4 aromatic heterocycles. The molecule has 197 valence electrons. The van der Waals surface area contributed by atoms with Crippen LogP contribution >= 0.6 is 0 Å². The number of nitrogens with one attached hydrogen (secondary N) is 2. The number of ether oxygens (including phenoxy) is 4. The van der Waals surface area contributed by atoms with Crippen molar-refractivity contribution in [3.05, 3.63) is 84.8 Å². The molecule has 0 aromatic carbocycles. The summed E-state index contributed by atoms with van der Waals surface area (Å²) < 4.78 is 20.2. The van der Waals surface area contributed by atoms with E-state index in [2.05, 4.69) is 19.9 Å². The number of pyridine rings is 4. The maximum absolute atomic E-state index is 6.26. The van der Waals surface area contributed by atoms with Crippen molar-refractivity contribution in [2.24, 2.45) is 0 Å². The molecule has 1 radical (unpaired) electrons. The van der Waals surface area contributed by atoms with Crippen molar-refractivity contribution in [3.63, 3.8) is 0 Å². The van der Waals surface area contributed by atoms with Crippen LogP contribution in [0.3, 0.4) is 0 Å². The first-order chi connectivity index (χ1) is 17.6. The van der Waals surface area contributed by atoms with Gasteiger partial charge in [0.1, 0.15) is 23.0 Å². The summed E-state index contributed by atoms with van der Waals surface area (Å²) in [7, 11) is 6.45. The SMILES string of the molecule is COc1ccc(-c2ccc(OC)cn2)nc1.COc1ccc(-c2ccc(OC)cn2)nc1.[NH-]CC[NH-].[Re]. The summed E-state index contributed by atoms with van der Waals surface area (Å²) in [4.78, 5) is 17.0. The summed E-state index contributed by atoms with van der Waals surface area (Å²) >= 11 is 0. The van der Waals surface area contributed by atoms with E-state index in [0.29, 0.717) is 0 Å². The van der Waals surface area contributed by atoms with E-state index in [-0.39, 0.29) is 33.5 Å². The van der Waals surface area contributed by atoms with Gasteiger partial charge in [0.25, 0.3) is 0 Å². The van der Waals surface area contributed by atoms with Gasteiger partial charge in [0.05, 0.1) is 76.0 Å². The fourth-order valence-corrected chi connectivity index (χ4v) is 2.61. The minimum atomic E-state index is 0. The van der Waals surface area contributed by atoms with E-state index in [1.54, 1.807) is 53.2 Å². The summed E-state index contributed by atoms with van der Waals surface area (Å²) in [5.74, 6) is 2.93. The Labute approximate surface area is 231 Å². The summed E-state index contributed by atoms with van der Waals surface area (Å²) in [6, 6.07) is 14.9. The number of hydrogen-bond donors (Lipinski definition) is 0. The van der Waals surface area contributed by atoms with Crippen molar-refractivity contribution in [1.82, 2.24) is 19.9 Å². The van der Waals surface area contributed by atoms with Gasteiger partial charge >= 0.3 is 0 Å². The molecule has 0 spiro atoms. The molecular weight excluding hydrogens is 647 g/mol. The van der Waals surface area contributed by atoms with E-state index in [9.17, 15) is 0 Å². The molecule has 37 heavy (non-hydrogen) atoms. The van der Waals surface area contributed by atoms with E-state index in [1.807, 2.05) is 48.5 Å². The number of rotatable bonds is 7. The van der Waals surface area contributed by atoms with Crippen LogP contribution < -0.4 is 18.9 Å². The molecular formula is C26H30N6O4Re-2. The van der Waals surface area contributed by atoms with Crippen LogP contribution in [0.4, 0.5) is 0 Å². The average molecular weight is 677 g/mol. The second-order valence-corrected chi connectivity index (χ2v) is 6.83. The Morgan fingerprint density at radius 2 is 0.676 bits per heavy atom. The Bertz CT molecular complexity index is 946. The Morgan fingerprint density at radius 3 is 0.784 bits per heavy atom. The van der Waals surface area contributed by atoms with E-state index in [0.717, 1.165) is 45.8 Å². The van der Waals surface area contributed by atoms with Crippen molar-refractivity contribution >= 4 is 0 Å².